The third-order valence-electron chi connectivity index (χ3n) is 15.7. The molecular weight excluding hydrogens is 1260 g/mol. The molecule has 526 valence electrons. The number of benzene rings is 8. The zero-order valence-corrected chi connectivity index (χ0v) is 59.3. The molecule has 0 aromatic heterocycles. The van der Waals surface area contributed by atoms with Crippen LogP contribution in [-0.2, 0) is 30.9 Å². The summed E-state index contributed by atoms with van der Waals surface area (Å²) in [6.45, 7) is 41.6. The van der Waals surface area contributed by atoms with Gasteiger partial charge < -0.3 is 0 Å². The van der Waals surface area contributed by atoms with Crippen molar-refractivity contribution in [2.45, 2.75) is 218 Å². The SMILES string of the molecule is CC(C)c1ccc(C(F)(F)F)c(C(F)(F)F)c1.CC(C)c1ccccc1-c1ccccc1.Cc1cc(C(C)C)ccc1C(F)(F)F.Cc1cc(C(F)(F)F)ccc1C(C)C.Cc1cc(C)cc(C(C)C)c1.Cc1ccc(C(C)C)cc1C(F)(F)F.Cc1cccc(C)c1C(C)C. The Morgan fingerprint density at radius 3 is 1.03 bits per heavy atom. The van der Waals surface area contributed by atoms with E-state index in [0.29, 0.717) is 41.0 Å². The van der Waals surface area contributed by atoms with E-state index in [2.05, 4.69) is 160 Å². The molecule has 0 aliphatic carbocycles. The standard InChI is InChI=1S/C15H16.C11H10F6.3C11H13F3.2C11H16/c1-12(2)14-10-6-7-11-15(14)13-8-4-3-5-9-13;1-6(2)7-3-4-8(10(12,13)14)9(5-7)11(15,16)17;1-7(2)10-5-4-9(6-8(10)3)11(12,13)14;1-7(2)9-4-5-10(8(3)6-9)11(12,13)14;1-7(2)9-5-4-8(3)10(6-9)11(12,13)14;1-8(2)11-6-9(3)5-10(4)7-11;1-8(2)11-9(3)6-5-7-10(11)4/h3-12H,1-2H3;3-6H,1-2H3;3*4-7H,1-3H3;2*5-8H,1-4H3. The lowest BCUT2D eigenvalue weighted by molar-refractivity contribution is -0.162. The first-order valence-corrected chi connectivity index (χ1v) is 32.1. The Morgan fingerprint density at radius 2 is 0.646 bits per heavy atom. The molecule has 8 aromatic rings. The molecular formula is C81H97F15. The van der Waals surface area contributed by atoms with Gasteiger partial charge in [0, 0.05) is 0 Å². The molecule has 0 amide bonds. The highest BCUT2D eigenvalue weighted by Gasteiger charge is 2.43. The smallest absolute Gasteiger partial charge is 0.166 e. The van der Waals surface area contributed by atoms with Crippen molar-refractivity contribution in [1.29, 1.82) is 0 Å². The molecule has 0 aliphatic heterocycles. The summed E-state index contributed by atoms with van der Waals surface area (Å²) in [6.07, 6.45) is -22.7. The normalized spacial score (nSPS) is 11.8. The zero-order valence-electron chi connectivity index (χ0n) is 59.3. The highest BCUT2D eigenvalue weighted by atomic mass is 19.4. The Hall–Kier alpha value is -7.29. The third kappa shape index (κ3) is 27.7. The first-order valence-electron chi connectivity index (χ1n) is 32.1. The summed E-state index contributed by atoms with van der Waals surface area (Å²) in [5.41, 5.74) is 11.8. The maximum Gasteiger partial charge on any atom is 0.417 e. The molecule has 0 saturated heterocycles. The molecule has 0 N–H and O–H groups in total. The number of halogens is 15. The molecule has 0 spiro atoms. The van der Waals surface area contributed by atoms with Crippen LogP contribution in [0.4, 0.5) is 65.9 Å². The summed E-state index contributed by atoms with van der Waals surface area (Å²) in [7, 11) is 0. The van der Waals surface area contributed by atoms with Crippen molar-refractivity contribution in [3.05, 3.63) is 269 Å². The molecule has 0 bridgehead atoms. The van der Waals surface area contributed by atoms with Gasteiger partial charge in [-0.1, -0.05) is 235 Å². The van der Waals surface area contributed by atoms with Crippen LogP contribution in [0.3, 0.4) is 0 Å². The Labute approximate surface area is 561 Å². The average molecular weight is 1360 g/mol. The minimum atomic E-state index is -5.00. The second-order valence-corrected chi connectivity index (χ2v) is 26.3. The number of aryl methyl sites for hydroxylation is 7. The molecule has 96 heavy (non-hydrogen) atoms. The zero-order chi connectivity index (χ0) is 73.8. The van der Waals surface area contributed by atoms with Gasteiger partial charge in [0.05, 0.1) is 27.8 Å². The van der Waals surface area contributed by atoms with E-state index in [1.807, 2.05) is 41.5 Å². The van der Waals surface area contributed by atoms with Crippen LogP contribution < -0.4 is 0 Å². The highest BCUT2D eigenvalue weighted by molar-refractivity contribution is 5.67. The third-order valence-corrected chi connectivity index (χ3v) is 15.7. The summed E-state index contributed by atoms with van der Waals surface area (Å²) < 4.78 is 186. The van der Waals surface area contributed by atoms with Crippen LogP contribution in [0.1, 0.15) is 244 Å². The van der Waals surface area contributed by atoms with Crippen molar-refractivity contribution >= 4 is 0 Å². The summed E-state index contributed by atoms with van der Waals surface area (Å²) in [5, 5.41) is 0. The van der Waals surface area contributed by atoms with E-state index in [4.69, 9.17) is 0 Å². The fraction of sp³-hybridized carbons (Fsp3) is 0.407. The maximum atomic E-state index is 12.5. The Balaban J connectivity index is 0.000000383. The van der Waals surface area contributed by atoms with Gasteiger partial charge in [-0.2, -0.15) is 65.9 Å². The molecule has 0 aliphatic rings. The van der Waals surface area contributed by atoms with Crippen LogP contribution in [0.2, 0.25) is 0 Å². The largest absolute Gasteiger partial charge is 0.417 e. The molecule has 0 unspecified atom stereocenters. The number of alkyl halides is 15. The van der Waals surface area contributed by atoms with E-state index < -0.39 is 58.7 Å². The molecule has 0 fully saturated rings. The van der Waals surface area contributed by atoms with E-state index in [1.54, 1.807) is 45.0 Å². The number of hydrogen-bond donors (Lipinski definition) is 0. The molecule has 15 heteroatoms. The van der Waals surface area contributed by atoms with E-state index in [-0.39, 0.29) is 34.8 Å². The van der Waals surface area contributed by atoms with Crippen molar-refractivity contribution in [3.8, 4) is 11.1 Å². The van der Waals surface area contributed by atoms with Crippen molar-refractivity contribution < 1.29 is 65.9 Å². The van der Waals surface area contributed by atoms with Crippen LogP contribution in [-0.4, -0.2) is 0 Å². The van der Waals surface area contributed by atoms with Gasteiger partial charge in [0.2, 0.25) is 0 Å². The minimum absolute atomic E-state index is 0.122. The summed E-state index contributed by atoms with van der Waals surface area (Å²) in [6, 6.07) is 47.3. The van der Waals surface area contributed by atoms with E-state index in [9.17, 15) is 65.9 Å². The van der Waals surface area contributed by atoms with Gasteiger partial charge in [0.15, 0.2) is 0 Å². The van der Waals surface area contributed by atoms with Crippen molar-refractivity contribution in [2.24, 2.45) is 0 Å². The predicted octanol–water partition coefficient (Wildman–Crippen LogP) is 28.6. The van der Waals surface area contributed by atoms with Crippen LogP contribution in [0, 0.1) is 48.5 Å². The molecule has 0 atom stereocenters. The quantitative estimate of drug-likeness (QED) is 0.133. The molecule has 0 nitrogen and oxygen atoms in total. The Kier molecular flexibility index (Phi) is 32.6. The first kappa shape index (κ1) is 84.8. The Bertz CT molecular complexity index is 3600. The summed E-state index contributed by atoms with van der Waals surface area (Å²) in [5.74, 6) is 2.24. The molecule has 8 aromatic carbocycles. The van der Waals surface area contributed by atoms with Crippen LogP contribution in [0.5, 0.6) is 0 Å². The van der Waals surface area contributed by atoms with Crippen molar-refractivity contribution in [2.75, 3.05) is 0 Å². The second kappa shape index (κ2) is 36.9. The molecule has 0 heterocycles. The lowest BCUT2D eigenvalue weighted by atomic mass is 9.93. The van der Waals surface area contributed by atoms with Gasteiger partial charge in [-0.05, 0) is 204 Å². The highest BCUT2D eigenvalue weighted by Crippen LogP contribution is 2.42. The number of hydrogen-bond acceptors (Lipinski definition) is 0. The summed E-state index contributed by atoms with van der Waals surface area (Å²) in [4.78, 5) is 0. The fourth-order valence-electron chi connectivity index (χ4n) is 10.5. The van der Waals surface area contributed by atoms with Gasteiger partial charge in [-0.25, -0.2) is 0 Å². The first-order chi connectivity index (χ1) is 44.0. The monoisotopic (exact) mass is 1350 g/mol. The second-order valence-electron chi connectivity index (χ2n) is 26.3. The van der Waals surface area contributed by atoms with Crippen LogP contribution in [0.25, 0.3) is 11.1 Å². The maximum absolute atomic E-state index is 12.5. The molecule has 8 rings (SSSR count). The van der Waals surface area contributed by atoms with Gasteiger partial charge >= 0.3 is 30.9 Å². The van der Waals surface area contributed by atoms with E-state index in [1.165, 1.54) is 82.1 Å². The topological polar surface area (TPSA) is 0 Å². The van der Waals surface area contributed by atoms with Gasteiger partial charge in [0.25, 0.3) is 0 Å². The van der Waals surface area contributed by atoms with Gasteiger partial charge in [0.1, 0.15) is 0 Å². The summed E-state index contributed by atoms with van der Waals surface area (Å²) >= 11 is 0. The van der Waals surface area contributed by atoms with Gasteiger partial charge in [-0.15, -0.1) is 0 Å². The number of rotatable bonds is 8. The van der Waals surface area contributed by atoms with E-state index >= 15 is 0 Å². The predicted molar refractivity (Wildman–Crippen MR) is 367 cm³/mol. The minimum Gasteiger partial charge on any atom is -0.166 e. The van der Waals surface area contributed by atoms with Gasteiger partial charge in [-0.3, -0.25) is 0 Å². The fourth-order valence-corrected chi connectivity index (χ4v) is 10.5. The lowest BCUT2D eigenvalue weighted by Gasteiger charge is -2.17. The van der Waals surface area contributed by atoms with Crippen LogP contribution >= 0.6 is 0 Å². The Morgan fingerprint density at radius 1 is 0.240 bits per heavy atom. The van der Waals surface area contributed by atoms with Crippen molar-refractivity contribution in [1.82, 2.24) is 0 Å². The van der Waals surface area contributed by atoms with Crippen LogP contribution in [0.15, 0.2) is 164 Å². The lowest BCUT2D eigenvalue weighted by Crippen LogP contribution is -2.17. The van der Waals surface area contributed by atoms with E-state index in [0.717, 1.165) is 34.9 Å². The molecule has 0 saturated carbocycles. The average Bonchev–Trinajstić information content (AvgIpc) is 0.819. The van der Waals surface area contributed by atoms with Crippen molar-refractivity contribution in [3.63, 3.8) is 0 Å². The molecule has 0 radical (unpaired) electrons.